The van der Waals surface area contributed by atoms with Crippen LogP contribution >= 0.6 is 0 Å². The Morgan fingerprint density at radius 3 is 1.89 bits per heavy atom. The minimum Gasteiger partial charge on any atom is -0.458 e. The zero-order valence-corrected chi connectivity index (χ0v) is 30.9. The highest BCUT2D eigenvalue weighted by Crippen LogP contribution is 2.70. The lowest BCUT2D eigenvalue weighted by Gasteiger charge is -2.47. The van der Waals surface area contributed by atoms with Gasteiger partial charge >= 0.3 is 17.9 Å². The summed E-state index contributed by atoms with van der Waals surface area (Å²) in [4.78, 5) is 84.3. The average Bonchev–Trinajstić information content (AvgIpc) is 3.86. The van der Waals surface area contributed by atoms with Crippen molar-refractivity contribution >= 4 is 35.3 Å². The molecule has 286 valence electrons. The van der Waals surface area contributed by atoms with Crippen LogP contribution in [0.5, 0.6) is 0 Å². The number of esters is 3. The molecule has 5 saturated carbocycles. The first kappa shape index (κ1) is 35.0. The Hall–Kier alpha value is -4.44. The Morgan fingerprint density at radius 2 is 1.22 bits per heavy atom. The van der Waals surface area contributed by atoms with Gasteiger partial charge in [-0.1, -0.05) is 50.6 Å². The van der Waals surface area contributed by atoms with Crippen LogP contribution in [0, 0.1) is 64.6 Å². The van der Waals surface area contributed by atoms with Crippen LogP contribution in [-0.4, -0.2) is 64.3 Å². The third kappa shape index (κ3) is 4.24. The number of allylic oxidation sites excluding steroid dienone is 3. The third-order valence-electron chi connectivity index (χ3n) is 16.3. The number of fused-ring (bicyclic) bond motifs is 10. The maximum atomic E-state index is 16.0. The van der Waals surface area contributed by atoms with E-state index in [2.05, 4.69) is 39.5 Å². The molecule has 10 heteroatoms. The van der Waals surface area contributed by atoms with E-state index in [9.17, 15) is 29.1 Å². The molecule has 0 amide bonds. The van der Waals surface area contributed by atoms with Gasteiger partial charge in [-0.25, -0.2) is 14.4 Å². The highest BCUT2D eigenvalue weighted by molar-refractivity contribution is 6.18. The van der Waals surface area contributed by atoms with Gasteiger partial charge in [-0.2, -0.15) is 0 Å². The molecule has 3 aliphatic heterocycles. The van der Waals surface area contributed by atoms with E-state index < -0.39 is 100 Å². The van der Waals surface area contributed by atoms with Crippen molar-refractivity contribution in [3.8, 4) is 0 Å². The summed E-state index contributed by atoms with van der Waals surface area (Å²) in [6, 6.07) is 0. The summed E-state index contributed by atoms with van der Waals surface area (Å²) in [5.74, 6) is -7.54. The Labute approximate surface area is 319 Å². The van der Waals surface area contributed by atoms with Crippen molar-refractivity contribution in [3.05, 3.63) is 84.1 Å². The maximum absolute atomic E-state index is 16.0. The lowest BCUT2D eigenvalue weighted by Crippen LogP contribution is -2.51. The van der Waals surface area contributed by atoms with Crippen LogP contribution in [0.15, 0.2) is 84.1 Å². The van der Waals surface area contributed by atoms with E-state index in [0.29, 0.717) is 54.4 Å². The number of ether oxygens (including phenoxy) is 3. The Kier molecular flexibility index (Phi) is 7.21. The van der Waals surface area contributed by atoms with Gasteiger partial charge in [0.15, 0.2) is 5.78 Å². The number of carbonyl (C=O) groups excluding carboxylic acids is 6. The molecule has 8 fully saturated rings. The molecule has 1 spiro atoms. The summed E-state index contributed by atoms with van der Waals surface area (Å²) in [5.41, 5.74) is 0.502. The zero-order chi connectivity index (χ0) is 38.8. The molecule has 15 atom stereocenters. The van der Waals surface area contributed by atoms with Crippen LogP contribution < -0.4 is 0 Å². The fraction of sp³-hybridized carbons (Fsp3) is 0.556. The number of hydrogen-bond donors (Lipinski definition) is 1. The van der Waals surface area contributed by atoms with Crippen LogP contribution in [0.4, 0.5) is 0 Å². The van der Waals surface area contributed by atoms with Crippen LogP contribution in [0.25, 0.3) is 0 Å². The van der Waals surface area contributed by atoms with Crippen LogP contribution in [-0.2, 0) is 43.0 Å². The topological polar surface area (TPSA) is 150 Å². The summed E-state index contributed by atoms with van der Waals surface area (Å²) in [7, 11) is 0. The first-order valence-electron chi connectivity index (χ1n) is 19.9. The van der Waals surface area contributed by atoms with Crippen molar-refractivity contribution in [1.29, 1.82) is 0 Å². The van der Waals surface area contributed by atoms with E-state index in [1.165, 1.54) is 0 Å². The van der Waals surface area contributed by atoms with Crippen molar-refractivity contribution < 1.29 is 48.1 Å². The summed E-state index contributed by atoms with van der Waals surface area (Å²) < 4.78 is 18.1. The Balaban J connectivity index is 1.15. The SMILES string of the molecule is C=C1C(=O)C2=C3[C@H]1[C@H]1OC(=O)C(=C)[C@@H]1CC[C@]3(O)CC[C@]21C(=O)[C@H](C[C@@H]2C(=O)C[C@H]3C(=C)CC[C@H]4C(=C)C(=O)O[C@@H]4[C@@H]23)[C@H]2C(=C)CC[C@H]3C(=C)C(=O)O[C@@H]3[C@H]21. The van der Waals surface area contributed by atoms with Crippen LogP contribution in [0.3, 0.4) is 0 Å². The summed E-state index contributed by atoms with van der Waals surface area (Å²) in [5, 5.41) is 12.6. The molecule has 0 aromatic heterocycles. The van der Waals surface area contributed by atoms with Crippen molar-refractivity contribution in [2.45, 2.75) is 88.1 Å². The van der Waals surface area contributed by atoms with Crippen molar-refractivity contribution in [1.82, 2.24) is 0 Å². The van der Waals surface area contributed by atoms with E-state index in [1.54, 1.807) is 0 Å². The molecule has 10 rings (SSSR count). The third-order valence-corrected chi connectivity index (χ3v) is 16.3. The molecule has 10 nitrogen and oxygen atoms in total. The first-order chi connectivity index (χ1) is 26.1. The van der Waals surface area contributed by atoms with Gasteiger partial charge in [-0.15, -0.1) is 0 Å². The Bertz CT molecular complexity index is 2100. The van der Waals surface area contributed by atoms with E-state index in [0.717, 1.165) is 11.1 Å². The van der Waals surface area contributed by atoms with Crippen LogP contribution in [0.2, 0.25) is 0 Å². The maximum Gasteiger partial charge on any atom is 0.334 e. The fourth-order valence-electron chi connectivity index (χ4n) is 13.8. The second-order valence-corrected chi connectivity index (χ2v) is 18.3. The molecule has 1 N–H and O–H groups in total. The molecule has 3 saturated heterocycles. The van der Waals surface area contributed by atoms with Gasteiger partial charge in [-0.05, 0) is 75.2 Å². The molecular formula is C45H46O10. The van der Waals surface area contributed by atoms with Crippen LogP contribution in [0.1, 0.15) is 64.2 Å². The zero-order valence-electron chi connectivity index (χ0n) is 30.9. The molecule has 7 aliphatic carbocycles. The van der Waals surface area contributed by atoms with E-state index >= 15 is 4.79 Å². The summed E-state index contributed by atoms with van der Waals surface area (Å²) in [6.07, 6.45) is 1.42. The van der Waals surface area contributed by atoms with E-state index in [-0.39, 0.29) is 66.7 Å². The molecule has 55 heavy (non-hydrogen) atoms. The quantitative estimate of drug-likeness (QED) is 0.178. The highest BCUT2D eigenvalue weighted by Gasteiger charge is 2.74. The summed E-state index contributed by atoms with van der Waals surface area (Å²) >= 11 is 0. The molecular weight excluding hydrogens is 700 g/mol. The van der Waals surface area contributed by atoms with Gasteiger partial charge in [0, 0.05) is 81.6 Å². The minimum atomic E-state index is -1.52. The highest BCUT2D eigenvalue weighted by atomic mass is 16.6. The van der Waals surface area contributed by atoms with Gasteiger partial charge < -0.3 is 19.3 Å². The largest absolute Gasteiger partial charge is 0.458 e. The van der Waals surface area contributed by atoms with Crippen molar-refractivity contribution in [2.75, 3.05) is 0 Å². The number of ketones is 3. The van der Waals surface area contributed by atoms with Gasteiger partial charge in [0.1, 0.15) is 29.9 Å². The monoisotopic (exact) mass is 746 g/mol. The molecule has 3 heterocycles. The molecule has 0 radical (unpaired) electrons. The normalized spacial score (nSPS) is 47.2. The molecule has 0 unspecified atom stereocenters. The van der Waals surface area contributed by atoms with Gasteiger partial charge in [0.2, 0.25) is 0 Å². The second-order valence-electron chi connectivity index (χ2n) is 18.3. The minimum absolute atomic E-state index is 0.0167. The number of Topliss-reactive ketones (excluding diaryl/α,β-unsaturated/α-hetero) is 3. The number of hydrogen-bond acceptors (Lipinski definition) is 10. The number of aliphatic hydroxyl groups is 1. The van der Waals surface area contributed by atoms with Crippen molar-refractivity contribution in [3.63, 3.8) is 0 Å². The van der Waals surface area contributed by atoms with E-state index in [1.807, 2.05) is 0 Å². The van der Waals surface area contributed by atoms with E-state index in [4.69, 9.17) is 14.2 Å². The van der Waals surface area contributed by atoms with Crippen molar-refractivity contribution in [2.24, 2.45) is 64.6 Å². The number of rotatable bonds is 2. The smallest absolute Gasteiger partial charge is 0.334 e. The molecule has 10 aliphatic rings. The number of carbonyl (C=O) groups is 6. The second kappa shape index (κ2) is 11.3. The average molecular weight is 747 g/mol. The van der Waals surface area contributed by atoms with Gasteiger partial charge in [-0.3, -0.25) is 14.4 Å². The predicted octanol–water partition coefficient (Wildman–Crippen LogP) is 4.98. The lowest BCUT2D eigenvalue weighted by molar-refractivity contribution is -0.146. The predicted molar refractivity (Wildman–Crippen MR) is 195 cm³/mol. The molecule has 0 aromatic carbocycles. The lowest BCUT2D eigenvalue weighted by atomic mass is 9.56. The first-order valence-corrected chi connectivity index (χ1v) is 19.9. The van der Waals surface area contributed by atoms with Gasteiger partial charge in [0.25, 0.3) is 0 Å². The molecule has 0 aromatic rings. The fourth-order valence-corrected chi connectivity index (χ4v) is 13.8. The van der Waals surface area contributed by atoms with Gasteiger partial charge in [0.05, 0.1) is 11.0 Å². The standard InChI is InChI=1S/C45H46O10/c1-17-7-9-23-19(3)41(49)54-38(23)32-26(17)16-29(46)27(32)15-28-30-18(2)8-10-24-20(4)43(51)55-39(24)34(30)45(40(28)48)14-13-44(52)12-11-25-21(5)42(50)53-37(25)31-22(6)36(47)35(45)33(31)44/h23-28,30-32,34,37-39,52H,1-16H2/t23-,24-,25-,26-,27+,28+,30+,31-,32+,34-,37-,38-,39-,44-,45+/m0/s1. The molecule has 0 bridgehead atoms. The Morgan fingerprint density at radius 1 is 0.636 bits per heavy atom. The summed E-state index contributed by atoms with van der Waals surface area (Å²) in [6.45, 7) is 25.3.